The summed E-state index contributed by atoms with van der Waals surface area (Å²) in [7, 11) is 0. The highest BCUT2D eigenvalue weighted by Crippen LogP contribution is 2.34. The molecule has 2 N–H and O–H groups in total. The predicted molar refractivity (Wildman–Crippen MR) is 112 cm³/mol. The Kier molecular flexibility index (Phi) is 6.79. The molecule has 0 spiro atoms. The van der Waals surface area contributed by atoms with Crippen LogP contribution in [0, 0.1) is 6.92 Å². The Morgan fingerprint density at radius 2 is 1.89 bits per heavy atom. The van der Waals surface area contributed by atoms with Crippen molar-refractivity contribution < 1.29 is 14.3 Å². The van der Waals surface area contributed by atoms with E-state index in [4.69, 9.17) is 4.74 Å². The standard InChI is InChI=1S/C20H21BrN2O3S/c1-13-2-5-15(6-3-13)22-19(24)11-27-12-20(25)23-17-8-9-26-18-7-4-14(21)10-16(17)18/h2-7,10,17H,8-9,11-12H2,1H3,(H,22,24)(H,23,25). The first kappa shape index (κ1) is 19.8. The third-order valence-electron chi connectivity index (χ3n) is 4.15. The number of thioether (sulfide) groups is 1. The lowest BCUT2D eigenvalue weighted by atomic mass is 10.0. The van der Waals surface area contributed by atoms with Gasteiger partial charge in [0.05, 0.1) is 24.2 Å². The molecule has 0 saturated heterocycles. The first-order valence-electron chi connectivity index (χ1n) is 8.67. The number of anilines is 1. The molecule has 0 radical (unpaired) electrons. The number of fused-ring (bicyclic) bond motifs is 1. The molecule has 1 aliphatic rings. The van der Waals surface area contributed by atoms with Crippen LogP contribution in [0.15, 0.2) is 46.9 Å². The van der Waals surface area contributed by atoms with Gasteiger partial charge in [-0.15, -0.1) is 11.8 Å². The quantitative estimate of drug-likeness (QED) is 0.698. The van der Waals surface area contributed by atoms with Gasteiger partial charge in [0.15, 0.2) is 0 Å². The fraction of sp³-hybridized carbons (Fsp3) is 0.300. The van der Waals surface area contributed by atoms with Crippen molar-refractivity contribution in [3.05, 3.63) is 58.1 Å². The summed E-state index contributed by atoms with van der Waals surface area (Å²) in [5.41, 5.74) is 2.88. The van der Waals surface area contributed by atoms with Crippen LogP contribution in [0.25, 0.3) is 0 Å². The van der Waals surface area contributed by atoms with Crippen molar-refractivity contribution in [2.24, 2.45) is 0 Å². The van der Waals surface area contributed by atoms with Crippen LogP contribution >= 0.6 is 27.7 Å². The van der Waals surface area contributed by atoms with Crippen LogP contribution in [-0.2, 0) is 9.59 Å². The number of aryl methyl sites for hydroxylation is 1. The van der Waals surface area contributed by atoms with Gasteiger partial charge in [0.2, 0.25) is 11.8 Å². The maximum atomic E-state index is 12.3. The molecule has 0 bridgehead atoms. The SMILES string of the molecule is Cc1ccc(NC(=O)CSCC(=O)NC2CCOc3ccc(Br)cc32)cc1. The van der Waals surface area contributed by atoms with Gasteiger partial charge < -0.3 is 15.4 Å². The normalized spacial score (nSPS) is 15.4. The van der Waals surface area contributed by atoms with Gasteiger partial charge >= 0.3 is 0 Å². The topological polar surface area (TPSA) is 67.4 Å². The average Bonchev–Trinajstić information content (AvgIpc) is 2.64. The molecule has 2 amide bonds. The van der Waals surface area contributed by atoms with Gasteiger partial charge in [0.25, 0.3) is 0 Å². The minimum absolute atomic E-state index is 0.0688. The van der Waals surface area contributed by atoms with E-state index in [9.17, 15) is 9.59 Å². The average molecular weight is 449 g/mol. The van der Waals surface area contributed by atoms with Crippen molar-refractivity contribution in [1.29, 1.82) is 0 Å². The summed E-state index contributed by atoms with van der Waals surface area (Å²) in [5, 5.41) is 5.87. The fourth-order valence-corrected chi connectivity index (χ4v) is 3.83. The van der Waals surface area contributed by atoms with E-state index in [1.807, 2.05) is 49.4 Å². The Hall–Kier alpha value is -1.99. The van der Waals surface area contributed by atoms with E-state index in [0.717, 1.165) is 33.5 Å². The van der Waals surface area contributed by atoms with Gasteiger partial charge in [-0.1, -0.05) is 33.6 Å². The van der Waals surface area contributed by atoms with Crippen molar-refractivity contribution in [2.75, 3.05) is 23.4 Å². The molecule has 2 aromatic carbocycles. The van der Waals surface area contributed by atoms with E-state index in [-0.39, 0.29) is 29.4 Å². The molecule has 0 fully saturated rings. The maximum Gasteiger partial charge on any atom is 0.234 e. The van der Waals surface area contributed by atoms with Crippen LogP contribution in [0.2, 0.25) is 0 Å². The van der Waals surface area contributed by atoms with Gasteiger partial charge in [0.1, 0.15) is 5.75 Å². The zero-order valence-corrected chi connectivity index (χ0v) is 17.4. The van der Waals surface area contributed by atoms with Gasteiger partial charge in [-0.05, 0) is 37.3 Å². The first-order valence-corrected chi connectivity index (χ1v) is 10.6. The molecule has 1 aliphatic heterocycles. The monoisotopic (exact) mass is 448 g/mol. The van der Waals surface area contributed by atoms with Gasteiger partial charge in [-0.2, -0.15) is 0 Å². The van der Waals surface area contributed by atoms with Crippen molar-refractivity contribution in [3.8, 4) is 5.75 Å². The van der Waals surface area contributed by atoms with Crippen LogP contribution in [-0.4, -0.2) is 29.9 Å². The number of ether oxygens (including phenoxy) is 1. The molecule has 0 aromatic heterocycles. The summed E-state index contributed by atoms with van der Waals surface area (Å²) >= 11 is 4.76. The number of rotatable bonds is 6. The van der Waals surface area contributed by atoms with E-state index in [0.29, 0.717) is 6.61 Å². The van der Waals surface area contributed by atoms with Crippen molar-refractivity contribution >= 4 is 45.2 Å². The summed E-state index contributed by atoms with van der Waals surface area (Å²) in [5.74, 6) is 1.08. The molecule has 1 heterocycles. The van der Waals surface area contributed by atoms with Crippen LogP contribution < -0.4 is 15.4 Å². The second kappa shape index (κ2) is 9.28. The number of nitrogens with one attached hydrogen (secondary N) is 2. The molecule has 7 heteroatoms. The summed E-state index contributed by atoms with van der Waals surface area (Å²) in [6.07, 6.45) is 0.730. The molecule has 142 valence electrons. The lowest BCUT2D eigenvalue weighted by molar-refractivity contribution is -0.119. The smallest absolute Gasteiger partial charge is 0.234 e. The van der Waals surface area contributed by atoms with Crippen LogP contribution in [0.5, 0.6) is 5.75 Å². The molecular formula is C20H21BrN2O3S. The number of amides is 2. The molecule has 27 heavy (non-hydrogen) atoms. The Balaban J connectivity index is 1.44. The van der Waals surface area contributed by atoms with E-state index in [1.54, 1.807) is 0 Å². The fourth-order valence-electron chi connectivity index (χ4n) is 2.82. The number of hydrogen-bond donors (Lipinski definition) is 2. The third-order valence-corrected chi connectivity index (χ3v) is 5.57. The number of halogens is 1. The molecule has 3 rings (SSSR count). The molecule has 1 atom stereocenters. The highest BCUT2D eigenvalue weighted by molar-refractivity contribution is 9.10. The Bertz CT molecular complexity index is 826. The number of benzene rings is 2. The van der Waals surface area contributed by atoms with Crippen molar-refractivity contribution in [3.63, 3.8) is 0 Å². The van der Waals surface area contributed by atoms with Crippen LogP contribution in [0.4, 0.5) is 5.69 Å². The lowest BCUT2D eigenvalue weighted by Gasteiger charge is -2.27. The largest absolute Gasteiger partial charge is 0.493 e. The summed E-state index contributed by atoms with van der Waals surface area (Å²) < 4.78 is 6.59. The van der Waals surface area contributed by atoms with Crippen LogP contribution in [0.3, 0.4) is 0 Å². The molecular weight excluding hydrogens is 428 g/mol. The second-order valence-corrected chi connectivity index (χ2v) is 8.25. The minimum atomic E-state index is -0.114. The van der Waals surface area contributed by atoms with E-state index in [2.05, 4.69) is 26.6 Å². The first-order chi connectivity index (χ1) is 13.0. The Morgan fingerprint density at radius 3 is 2.67 bits per heavy atom. The summed E-state index contributed by atoms with van der Waals surface area (Å²) in [6.45, 7) is 2.57. The molecule has 0 saturated carbocycles. The number of carbonyl (C=O) groups is 2. The minimum Gasteiger partial charge on any atom is -0.493 e. The highest BCUT2D eigenvalue weighted by atomic mass is 79.9. The number of hydrogen-bond acceptors (Lipinski definition) is 4. The Morgan fingerprint density at radius 1 is 1.15 bits per heavy atom. The molecule has 5 nitrogen and oxygen atoms in total. The zero-order chi connectivity index (χ0) is 19.2. The number of carbonyl (C=O) groups excluding carboxylic acids is 2. The Labute approximate surface area is 171 Å². The van der Waals surface area contributed by atoms with Crippen LogP contribution in [0.1, 0.15) is 23.6 Å². The maximum absolute atomic E-state index is 12.3. The zero-order valence-electron chi connectivity index (χ0n) is 15.0. The van der Waals surface area contributed by atoms with Gasteiger partial charge in [0, 0.05) is 22.1 Å². The van der Waals surface area contributed by atoms with Crippen molar-refractivity contribution in [1.82, 2.24) is 5.32 Å². The molecule has 0 aliphatic carbocycles. The molecule has 2 aromatic rings. The van der Waals surface area contributed by atoms with Gasteiger partial charge in [-0.3, -0.25) is 9.59 Å². The third kappa shape index (κ3) is 5.74. The summed E-state index contributed by atoms with van der Waals surface area (Å²) in [6, 6.07) is 13.4. The lowest BCUT2D eigenvalue weighted by Crippen LogP contribution is -2.33. The van der Waals surface area contributed by atoms with E-state index < -0.39 is 0 Å². The van der Waals surface area contributed by atoms with E-state index >= 15 is 0 Å². The second-order valence-electron chi connectivity index (χ2n) is 6.35. The predicted octanol–water partition coefficient (Wildman–Crippen LogP) is 4.07. The van der Waals surface area contributed by atoms with E-state index in [1.165, 1.54) is 11.8 Å². The van der Waals surface area contributed by atoms with Gasteiger partial charge in [-0.25, -0.2) is 0 Å². The summed E-state index contributed by atoms with van der Waals surface area (Å²) in [4.78, 5) is 24.3. The highest BCUT2D eigenvalue weighted by Gasteiger charge is 2.23. The van der Waals surface area contributed by atoms with Crippen molar-refractivity contribution in [2.45, 2.75) is 19.4 Å². The molecule has 1 unspecified atom stereocenters.